The Morgan fingerprint density at radius 3 is 2.56 bits per heavy atom. The maximum Gasteiger partial charge on any atom is 0.335 e. The van der Waals surface area contributed by atoms with Gasteiger partial charge in [0, 0.05) is 0 Å². The lowest BCUT2D eigenvalue weighted by Crippen LogP contribution is -1.98. The largest absolute Gasteiger partial charge is 0.478 e. The summed E-state index contributed by atoms with van der Waals surface area (Å²) in [6.07, 6.45) is 4.30. The van der Waals surface area contributed by atoms with Crippen LogP contribution in [0, 0.1) is 0 Å². The molecule has 25 heavy (non-hydrogen) atoms. The SMILES string of the molecule is C[C@@H](CCCCc1cccc(C(=O)O)c1)c1cccc2ccccc12. The standard InChI is InChI=1S/C23H24O2/c1-17(21-15-7-12-19-11-4-5-14-22(19)21)8-2-3-9-18-10-6-13-20(16-18)23(24)25/h4-7,10-17H,2-3,8-9H2,1H3,(H,24,25)/t17-/m0/s1. The molecule has 0 unspecified atom stereocenters. The fourth-order valence-corrected chi connectivity index (χ4v) is 3.48. The number of aryl methyl sites for hydroxylation is 1. The summed E-state index contributed by atoms with van der Waals surface area (Å²) >= 11 is 0. The van der Waals surface area contributed by atoms with Crippen LogP contribution in [-0.4, -0.2) is 11.1 Å². The van der Waals surface area contributed by atoms with Gasteiger partial charge in [0.15, 0.2) is 0 Å². The van der Waals surface area contributed by atoms with Crippen LogP contribution in [0.5, 0.6) is 0 Å². The van der Waals surface area contributed by atoms with Gasteiger partial charge in [0.25, 0.3) is 0 Å². The van der Waals surface area contributed by atoms with Crippen molar-refractivity contribution in [1.29, 1.82) is 0 Å². The molecule has 3 rings (SSSR count). The minimum absolute atomic E-state index is 0.377. The third-order valence-corrected chi connectivity index (χ3v) is 4.88. The Hall–Kier alpha value is -2.61. The number of carboxylic acid groups (broad SMARTS) is 1. The average molecular weight is 332 g/mol. The van der Waals surface area contributed by atoms with Crippen LogP contribution in [0.1, 0.15) is 53.6 Å². The van der Waals surface area contributed by atoms with Crippen molar-refractivity contribution in [2.24, 2.45) is 0 Å². The molecule has 0 aliphatic heterocycles. The van der Waals surface area contributed by atoms with E-state index in [1.165, 1.54) is 16.3 Å². The molecule has 2 nitrogen and oxygen atoms in total. The first kappa shape index (κ1) is 17.2. The zero-order chi connectivity index (χ0) is 17.6. The average Bonchev–Trinajstić information content (AvgIpc) is 2.65. The van der Waals surface area contributed by atoms with Crippen LogP contribution in [0.25, 0.3) is 10.8 Å². The predicted molar refractivity (Wildman–Crippen MR) is 103 cm³/mol. The van der Waals surface area contributed by atoms with Crippen molar-refractivity contribution < 1.29 is 9.90 Å². The summed E-state index contributed by atoms with van der Waals surface area (Å²) in [6.45, 7) is 2.30. The summed E-state index contributed by atoms with van der Waals surface area (Å²) in [5.41, 5.74) is 2.91. The molecule has 3 aromatic rings. The van der Waals surface area contributed by atoms with Crippen LogP contribution in [0.15, 0.2) is 66.7 Å². The van der Waals surface area contributed by atoms with Crippen LogP contribution < -0.4 is 0 Å². The third kappa shape index (κ3) is 4.27. The van der Waals surface area contributed by atoms with Crippen LogP contribution in [0.2, 0.25) is 0 Å². The van der Waals surface area contributed by atoms with Crippen molar-refractivity contribution in [3.8, 4) is 0 Å². The number of fused-ring (bicyclic) bond motifs is 1. The first-order chi connectivity index (χ1) is 12.1. The zero-order valence-corrected chi connectivity index (χ0v) is 14.6. The van der Waals surface area contributed by atoms with E-state index in [9.17, 15) is 4.79 Å². The molecular formula is C23H24O2. The number of hydrogen-bond acceptors (Lipinski definition) is 1. The molecule has 0 bridgehead atoms. The molecule has 0 amide bonds. The summed E-state index contributed by atoms with van der Waals surface area (Å²) in [6, 6.07) is 22.4. The lowest BCUT2D eigenvalue weighted by molar-refractivity contribution is 0.0696. The van der Waals surface area contributed by atoms with Gasteiger partial charge < -0.3 is 5.11 Å². The van der Waals surface area contributed by atoms with Crippen molar-refractivity contribution in [1.82, 2.24) is 0 Å². The number of rotatable bonds is 7. The molecule has 1 atom stereocenters. The van der Waals surface area contributed by atoms with E-state index in [0.29, 0.717) is 11.5 Å². The Balaban J connectivity index is 1.57. The van der Waals surface area contributed by atoms with Crippen molar-refractivity contribution in [3.63, 3.8) is 0 Å². The van der Waals surface area contributed by atoms with Crippen LogP contribution >= 0.6 is 0 Å². The van der Waals surface area contributed by atoms with Gasteiger partial charge >= 0.3 is 5.97 Å². The second-order valence-corrected chi connectivity index (χ2v) is 6.72. The fourth-order valence-electron chi connectivity index (χ4n) is 3.48. The normalized spacial score (nSPS) is 12.2. The molecule has 0 saturated carbocycles. The molecule has 0 radical (unpaired) electrons. The topological polar surface area (TPSA) is 37.3 Å². The monoisotopic (exact) mass is 332 g/mol. The molecule has 3 aromatic carbocycles. The Morgan fingerprint density at radius 1 is 0.960 bits per heavy atom. The highest BCUT2D eigenvalue weighted by atomic mass is 16.4. The molecule has 128 valence electrons. The molecular weight excluding hydrogens is 308 g/mol. The second-order valence-electron chi connectivity index (χ2n) is 6.72. The molecule has 2 heteroatoms. The summed E-state index contributed by atoms with van der Waals surface area (Å²) in [5, 5.41) is 11.7. The van der Waals surface area contributed by atoms with Gasteiger partial charge in [0.1, 0.15) is 0 Å². The van der Waals surface area contributed by atoms with Gasteiger partial charge in [-0.3, -0.25) is 0 Å². The minimum Gasteiger partial charge on any atom is -0.478 e. The second kappa shape index (κ2) is 7.98. The Labute approximate surface area is 149 Å². The number of carboxylic acids is 1. The highest BCUT2D eigenvalue weighted by Gasteiger charge is 2.09. The van der Waals surface area contributed by atoms with Gasteiger partial charge in [-0.25, -0.2) is 4.79 Å². The van der Waals surface area contributed by atoms with Crippen molar-refractivity contribution in [3.05, 3.63) is 83.4 Å². The van der Waals surface area contributed by atoms with E-state index >= 15 is 0 Å². The fraction of sp³-hybridized carbons (Fsp3) is 0.261. The Bertz CT molecular complexity index is 861. The molecule has 0 saturated heterocycles. The molecule has 1 N–H and O–H groups in total. The van der Waals surface area contributed by atoms with Crippen molar-refractivity contribution in [2.45, 2.75) is 38.5 Å². The zero-order valence-electron chi connectivity index (χ0n) is 14.6. The molecule has 0 aliphatic carbocycles. The third-order valence-electron chi connectivity index (χ3n) is 4.88. The Morgan fingerprint density at radius 2 is 1.72 bits per heavy atom. The first-order valence-corrected chi connectivity index (χ1v) is 8.95. The van der Waals surface area contributed by atoms with Gasteiger partial charge in [-0.15, -0.1) is 0 Å². The molecule has 0 aliphatic rings. The van der Waals surface area contributed by atoms with E-state index in [1.807, 2.05) is 12.1 Å². The maximum absolute atomic E-state index is 11.0. The van der Waals surface area contributed by atoms with Crippen LogP contribution in [0.3, 0.4) is 0 Å². The van der Waals surface area contributed by atoms with Gasteiger partial charge in [-0.1, -0.05) is 67.9 Å². The van der Waals surface area contributed by atoms with E-state index < -0.39 is 5.97 Å². The number of unbranched alkanes of at least 4 members (excludes halogenated alkanes) is 1. The Kier molecular flexibility index (Phi) is 5.49. The highest BCUT2D eigenvalue weighted by Crippen LogP contribution is 2.29. The molecule has 0 heterocycles. The smallest absolute Gasteiger partial charge is 0.335 e. The highest BCUT2D eigenvalue weighted by molar-refractivity contribution is 5.87. The maximum atomic E-state index is 11.0. The van der Waals surface area contributed by atoms with Gasteiger partial charge in [0.05, 0.1) is 5.56 Å². The van der Waals surface area contributed by atoms with Crippen molar-refractivity contribution >= 4 is 16.7 Å². The van der Waals surface area contributed by atoms with E-state index in [0.717, 1.165) is 31.2 Å². The quantitative estimate of drug-likeness (QED) is 0.534. The summed E-state index contributed by atoms with van der Waals surface area (Å²) < 4.78 is 0. The van der Waals surface area contributed by atoms with Gasteiger partial charge in [0.2, 0.25) is 0 Å². The molecule has 0 fully saturated rings. The minimum atomic E-state index is -0.855. The van der Waals surface area contributed by atoms with Crippen LogP contribution in [0.4, 0.5) is 0 Å². The van der Waals surface area contributed by atoms with Gasteiger partial charge in [-0.2, -0.15) is 0 Å². The van der Waals surface area contributed by atoms with E-state index in [4.69, 9.17) is 5.11 Å². The lowest BCUT2D eigenvalue weighted by atomic mass is 9.90. The number of benzene rings is 3. The summed E-state index contributed by atoms with van der Waals surface area (Å²) in [5.74, 6) is -0.331. The van der Waals surface area contributed by atoms with Crippen LogP contribution in [-0.2, 0) is 6.42 Å². The lowest BCUT2D eigenvalue weighted by Gasteiger charge is -2.14. The number of hydrogen-bond donors (Lipinski definition) is 1. The predicted octanol–water partition coefficient (Wildman–Crippen LogP) is 6.05. The number of carbonyl (C=O) groups is 1. The molecule has 0 aromatic heterocycles. The van der Waals surface area contributed by atoms with Gasteiger partial charge in [-0.05, 0) is 59.2 Å². The first-order valence-electron chi connectivity index (χ1n) is 8.95. The number of aromatic carboxylic acids is 1. The van der Waals surface area contributed by atoms with E-state index in [1.54, 1.807) is 12.1 Å². The summed E-state index contributed by atoms with van der Waals surface area (Å²) in [4.78, 5) is 11.0. The summed E-state index contributed by atoms with van der Waals surface area (Å²) in [7, 11) is 0. The molecule has 0 spiro atoms. The van der Waals surface area contributed by atoms with E-state index in [2.05, 4.69) is 49.4 Å². The van der Waals surface area contributed by atoms with Crippen molar-refractivity contribution in [2.75, 3.05) is 0 Å². The van der Waals surface area contributed by atoms with E-state index in [-0.39, 0.29) is 0 Å².